The Balaban J connectivity index is 1.96. The maximum atomic E-state index is 11.9. The van der Waals surface area contributed by atoms with E-state index in [1.54, 1.807) is 18.3 Å². The topological polar surface area (TPSA) is 74.2 Å². The predicted molar refractivity (Wildman–Crippen MR) is 69.4 cm³/mol. The minimum absolute atomic E-state index is 0.00417. The number of anilines is 1. The summed E-state index contributed by atoms with van der Waals surface area (Å²) in [6.07, 6.45) is 5.44. The van der Waals surface area contributed by atoms with E-state index in [9.17, 15) is 9.90 Å². The number of hydrogen-bond donors (Lipinski definition) is 3. The number of pyridine rings is 1. The molecule has 0 spiro atoms. The first-order valence-electron chi connectivity index (χ1n) is 6.26. The van der Waals surface area contributed by atoms with Gasteiger partial charge in [-0.05, 0) is 31.9 Å². The Bertz CT molecular complexity index is 428. The van der Waals surface area contributed by atoms with Crippen LogP contribution in [0.5, 0.6) is 0 Å². The molecule has 1 saturated carbocycles. The van der Waals surface area contributed by atoms with Crippen LogP contribution in [0.3, 0.4) is 0 Å². The molecule has 1 heterocycles. The largest absolute Gasteiger partial charge is 0.394 e. The van der Waals surface area contributed by atoms with Gasteiger partial charge in [0.25, 0.3) is 0 Å². The summed E-state index contributed by atoms with van der Waals surface area (Å²) in [7, 11) is 0. The lowest BCUT2D eigenvalue weighted by Crippen LogP contribution is -2.50. The molecule has 0 saturated heterocycles. The summed E-state index contributed by atoms with van der Waals surface area (Å²) >= 11 is 0. The van der Waals surface area contributed by atoms with Gasteiger partial charge in [-0.3, -0.25) is 4.98 Å². The number of aryl methyl sites for hydroxylation is 1. The number of aromatic nitrogens is 1. The van der Waals surface area contributed by atoms with Crippen molar-refractivity contribution in [3.63, 3.8) is 0 Å². The zero-order chi connectivity index (χ0) is 13.0. The van der Waals surface area contributed by atoms with Crippen LogP contribution in [0.1, 0.15) is 31.4 Å². The van der Waals surface area contributed by atoms with E-state index in [2.05, 4.69) is 15.6 Å². The molecular formula is C13H19N3O2. The molecule has 0 atom stereocenters. The number of amides is 2. The lowest BCUT2D eigenvalue weighted by atomic mass is 9.99. The highest BCUT2D eigenvalue weighted by molar-refractivity contribution is 5.89. The van der Waals surface area contributed by atoms with Crippen LogP contribution in [0, 0.1) is 6.92 Å². The molecule has 1 aliphatic rings. The van der Waals surface area contributed by atoms with E-state index < -0.39 is 5.54 Å². The zero-order valence-corrected chi connectivity index (χ0v) is 10.6. The van der Waals surface area contributed by atoms with Crippen molar-refractivity contribution in [1.82, 2.24) is 10.3 Å². The molecule has 3 N–H and O–H groups in total. The van der Waals surface area contributed by atoms with Gasteiger partial charge in [0.05, 0.1) is 12.1 Å². The highest BCUT2D eigenvalue weighted by Crippen LogP contribution is 2.29. The molecule has 0 radical (unpaired) electrons. The van der Waals surface area contributed by atoms with Gasteiger partial charge in [0.15, 0.2) is 0 Å². The lowest BCUT2D eigenvalue weighted by molar-refractivity contribution is 0.167. The molecule has 0 unspecified atom stereocenters. The summed E-state index contributed by atoms with van der Waals surface area (Å²) in [5, 5.41) is 15.1. The van der Waals surface area contributed by atoms with Gasteiger partial charge < -0.3 is 15.7 Å². The lowest BCUT2D eigenvalue weighted by Gasteiger charge is -2.27. The van der Waals surface area contributed by atoms with Crippen LogP contribution in [0.25, 0.3) is 0 Å². The molecule has 1 fully saturated rings. The second-order valence-electron chi connectivity index (χ2n) is 4.91. The third kappa shape index (κ3) is 2.98. The van der Waals surface area contributed by atoms with Gasteiger partial charge in [-0.25, -0.2) is 4.79 Å². The molecule has 0 aromatic carbocycles. The number of carbonyl (C=O) groups is 1. The molecule has 1 aliphatic carbocycles. The highest BCUT2D eigenvalue weighted by atomic mass is 16.3. The molecule has 18 heavy (non-hydrogen) atoms. The van der Waals surface area contributed by atoms with Crippen LogP contribution >= 0.6 is 0 Å². The van der Waals surface area contributed by atoms with Gasteiger partial charge in [-0.1, -0.05) is 12.8 Å². The van der Waals surface area contributed by atoms with Crippen LogP contribution in [0.4, 0.5) is 10.5 Å². The molecule has 0 aliphatic heterocycles. The molecule has 1 aromatic rings. The number of nitrogens with one attached hydrogen (secondary N) is 2. The standard InChI is InChI=1S/C13H19N3O2/c1-10-8-11(4-7-14-10)15-12(18)16-13(9-17)5-2-3-6-13/h4,7-8,17H,2-3,5-6,9H2,1H3,(H2,14,15,16,18). The molecule has 2 amide bonds. The maximum absolute atomic E-state index is 11.9. The minimum atomic E-state index is -0.438. The Morgan fingerprint density at radius 3 is 2.83 bits per heavy atom. The molecule has 98 valence electrons. The second-order valence-corrected chi connectivity index (χ2v) is 4.91. The van der Waals surface area contributed by atoms with Gasteiger partial charge in [-0.15, -0.1) is 0 Å². The summed E-state index contributed by atoms with van der Waals surface area (Å²) in [5.41, 5.74) is 1.13. The van der Waals surface area contributed by atoms with Crippen molar-refractivity contribution < 1.29 is 9.90 Å². The molecule has 5 nitrogen and oxygen atoms in total. The van der Waals surface area contributed by atoms with Crippen molar-refractivity contribution in [2.45, 2.75) is 38.1 Å². The van der Waals surface area contributed by atoms with Gasteiger partial charge in [0.1, 0.15) is 0 Å². The molecule has 5 heteroatoms. The summed E-state index contributed by atoms with van der Waals surface area (Å²) < 4.78 is 0. The van der Waals surface area contributed by atoms with Gasteiger partial charge >= 0.3 is 6.03 Å². The van der Waals surface area contributed by atoms with Crippen LogP contribution in [0.2, 0.25) is 0 Å². The number of rotatable bonds is 3. The normalized spacial score (nSPS) is 17.4. The van der Waals surface area contributed by atoms with Crippen molar-refractivity contribution in [2.24, 2.45) is 0 Å². The Morgan fingerprint density at radius 2 is 2.22 bits per heavy atom. The van der Waals surface area contributed by atoms with E-state index in [-0.39, 0.29) is 12.6 Å². The maximum Gasteiger partial charge on any atom is 0.319 e. The average Bonchev–Trinajstić information content (AvgIpc) is 2.78. The Hall–Kier alpha value is -1.62. The summed E-state index contributed by atoms with van der Waals surface area (Å²) in [6, 6.07) is 3.28. The second kappa shape index (κ2) is 5.35. The monoisotopic (exact) mass is 249 g/mol. The summed E-state index contributed by atoms with van der Waals surface area (Å²) in [5.74, 6) is 0. The number of carbonyl (C=O) groups excluding carboxylic acids is 1. The van der Waals surface area contributed by atoms with Gasteiger partial charge in [0.2, 0.25) is 0 Å². The van der Waals surface area contributed by atoms with Crippen LogP contribution in [-0.4, -0.2) is 28.3 Å². The molecular weight excluding hydrogens is 230 g/mol. The number of aliphatic hydroxyl groups excluding tert-OH is 1. The van der Waals surface area contributed by atoms with E-state index in [0.717, 1.165) is 31.4 Å². The van der Waals surface area contributed by atoms with Crippen molar-refractivity contribution in [3.05, 3.63) is 24.0 Å². The third-order valence-corrected chi connectivity index (χ3v) is 3.40. The van der Waals surface area contributed by atoms with E-state index in [4.69, 9.17) is 0 Å². The minimum Gasteiger partial charge on any atom is -0.394 e. The Kier molecular flexibility index (Phi) is 3.81. The summed E-state index contributed by atoms with van der Waals surface area (Å²) in [6.45, 7) is 1.87. The Labute approximate surface area is 107 Å². The number of aliphatic hydroxyl groups is 1. The van der Waals surface area contributed by atoms with Crippen LogP contribution < -0.4 is 10.6 Å². The van der Waals surface area contributed by atoms with E-state index in [0.29, 0.717) is 5.69 Å². The first kappa shape index (κ1) is 12.8. The Morgan fingerprint density at radius 1 is 1.50 bits per heavy atom. The summed E-state index contributed by atoms with van der Waals surface area (Å²) in [4.78, 5) is 16.0. The van der Waals surface area contributed by atoms with E-state index in [1.807, 2.05) is 6.92 Å². The van der Waals surface area contributed by atoms with Crippen LogP contribution in [0.15, 0.2) is 18.3 Å². The van der Waals surface area contributed by atoms with Gasteiger partial charge in [-0.2, -0.15) is 0 Å². The quantitative estimate of drug-likeness (QED) is 0.765. The molecule has 1 aromatic heterocycles. The fraction of sp³-hybridized carbons (Fsp3) is 0.538. The fourth-order valence-corrected chi connectivity index (χ4v) is 2.40. The number of urea groups is 1. The van der Waals surface area contributed by atoms with Gasteiger partial charge in [0, 0.05) is 17.6 Å². The molecule has 0 bridgehead atoms. The van der Waals surface area contributed by atoms with Crippen LogP contribution in [-0.2, 0) is 0 Å². The van der Waals surface area contributed by atoms with Crippen molar-refractivity contribution in [3.8, 4) is 0 Å². The van der Waals surface area contributed by atoms with E-state index in [1.165, 1.54) is 0 Å². The van der Waals surface area contributed by atoms with Crippen molar-refractivity contribution >= 4 is 11.7 Å². The highest BCUT2D eigenvalue weighted by Gasteiger charge is 2.34. The zero-order valence-electron chi connectivity index (χ0n) is 10.6. The predicted octanol–water partition coefficient (Wildman–Crippen LogP) is 1.82. The first-order valence-corrected chi connectivity index (χ1v) is 6.26. The third-order valence-electron chi connectivity index (χ3n) is 3.40. The van der Waals surface area contributed by atoms with Crippen molar-refractivity contribution in [2.75, 3.05) is 11.9 Å². The number of nitrogens with zero attached hydrogens (tertiary/aromatic N) is 1. The average molecular weight is 249 g/mol. The van der Waals surface area contributed by atoms with Crippen molar-refractivity contribution in [1.29, 1.82) is 0 Å². The molecule has 2 rings (SSSR count). The first-order chi connectivity index (χ1) is 8.63. The smallest absolute Gasteiger partial charge is 0.319 e. The van der Waals surface area contributed by atoms with E-state index >= 15 is 0 Å². The SMILES string of the molecule is Cc1cc(NC(=O)NC2(CO)CCCC2)ccn1. The number of hydrogen-bond acceptors (Lipinski definition) is 3. The fourth-order valence-electron chi connectivity index (χ4n) is 2.40.